The quantitative estimate of drug-likeness (QED) is 0.653. The maximum absolute atomic E-state index is 12.6. The number of benzene rings is 1. The molecule has 0 unspecified atom stereocenters. The van der Waals surface area contributed by atoms with Crippen molar-refractivity contribution in [3.8, 4) is 0 Å². The summed E-state index contributed by atoms with van der Waals surface area (Å²) >= 11 is 0. The zero-order valence-electron chi connectivity index (χ0n) is 17.1. The minimum atomic E-state index is -4.40. The number of carbonyl (C=O) groups excluding carboxylic acids is 1. The van der Waals surface area contributed by atoms with Crippen molar-refractivity contribution in [2.75, 3.05) is 41.3 Å². The van der Waals surface area contributed by atoms with Crippen molar-refractivity contribution < 1.29 is 18.0 Å². The molecule has 0 saturated carbocycles. The molecule has 32 heavy (non-hydrogen) atoms. The van der Waals surface area contributed by atoms with Gasteiger partial charge in [0.2, 0.25) is 11.9 Å². The van der Waals surface area contributed by atoms with Gasteiger partial charge in [-0.05, 0) is 29.8 Å². The topological polar surface area (TPSA) is 74.2 Å². The molecule has 7 nitrogen and oxygen atoms in total. The van der Waals surface area contributed by atoms with E-state index in [1.807, 2.05) is 18.2 Å². The zero-order chi connectivity index (χ0) is 22.6. The van der Waals surface area contributed by atoms with Gasteiger partial charge in [-0.2, -0.15) is 13.2 Å². The molecule has 1 fully saturated rings. The summed E-state index contributed by atoms with van der Waals surface area (Å²) in [6.45, 7) is 3.09. The Hall–Kier alpha value is -3.69. The van der Waals surface area contributed by atoms with Crippen LogP contribution in [-0.4, -0.2) is 47.0 Å². The molecule has 0 spiro atoms. The van der Waals surface area contributed by atoms with Crippen molar-refractivity contribution in [2.45, 2.75) is 12.6 Å². The Morgan fingerprint density at radius 2 is 1.56 bits per heavy atom. The lowest BCUT2D eigenvalue weighted by molar-refractivity contribution is -0.137. The summed E-state index contributed by atoms with van der Waals surface area (Å²) < 4.78 is 37.9. The summed E-state index contributed by atoms with van der Waals surface area (Å²) in [5.74, 6) is 1.16. The smallest absolute Gasteiger partial charge is 0.353 e. The number of anilines is 3. The fraction of sp³-hybridized carbons (Fsp3) is 0.273. The number of carbonyl (C=O) groups is 1. The van der Waals surface area contributed by atoms with Gasteiger partial charge in [0.1, 0.15) is 5.82 Å². The molecule has 1 aromatic carbocycles. The van der Waals surface area contributed by atoms with E-state index in [4.69, 9.17) is 0 Å². The highest BCUT2D eigenvalue weighted by Crippen LogP contribution is 2.29. The van der Waals surface area contributed by atoms with Crippen LogP contribution in [0.5, 0.6) is 0 Å². The zero-order valence-corrected chi connectivity index (χ0v) is 17.1. The summed E-state index contributed by atoms with van der Waals surface area (Å²) in [6.07, 6.45) is 0.381. The lowest BCUT2D eigenvalue weighted by atomic mass is 10.1. The molecule has 166 valence electrons. The number of rotatable bonds is 5. The van der Waals surface area contributed by atoms with Gasteiger partial charge in [-0.1, -0.05) is 18.2 Å². The number of hydrogen-bond donors (Lipinski definition) is 1. The predicted molar refractivity (Wildman–Crippen MR) is 114 cm³/mol. The number of alkyl halides is 3. The highest BCUT2D eigenvalue weighted by Gasteiger charge is 2.30. The molecular weight excluding hydrogens is 421 g/mol. The fourth-order valence-electron chi connectivity index (χ4n) is 3.43. The molecule has 0 radical (unpaired) electrons. The monoisotopic (exact) mass is 442 g/mol. The van der Waals surface area contributed by atoms with Gasteiger partial charge in [0.15, 0.2) is 0 Å². The summed E-state index contributed by atoms with van der Waals surface area (Å²) in [4.78, 5) is 29.5. The van der Waals surface area contributed by atoms with Crippen LogP contribution in [0.1, 0.15) is 11.1 Å². The van der Waals surface area contributed by atoms with Gasteiger partial charge < -0.3 is 15.1 Å². The highest BCUT2D eigenvalue weighted by atomic mass is 19.4. The van der Waals surface area contributed by atoms with Gasteiger partial charge in [0, 0.05) is 32.4 Å². The van der Waals surface area contributed by atoms with Crippen molar-refractivity contribution in [3.63, 3.8) is 0 Å². The van der Waals surface area contributed by atoms with Gasteiger partial charge >= 0.3 is 6.18 Å². The number of hydrogen-bond acceptors (Lipinski definition) is 6. The van der Waals surface area contributed by atoms with Crippen LogP contribution in [-0.2, 0) is 17.4 Å². The van der Waals surface area contributed by atoms with Crippen molar-refractivity contribution in [2.24, 2.45) is 0 Å². The number of nitrogens with zero attached hydrogens (tertiary/aromatic N) is 5. The maximum atomic E-state index is 12.6. The molecule has 4 rings (SSSR count). The highest BCUT2D eigenvalue weighted by molar-refractivity contribution is 5.92. The van der Waals surface area contributed by atoms with E-state index in [0.29, 0.717) is 17.2 Å². The molecule has 0 aliphatic carbocycles. The molecule has 1 N–H and O–H groups in total. The van der Waals surface area contributed by atoms with E-state index in [1.54, 1.807) is 6.20 Å². The lowest BCUT2D eigenvalue weighted by Crippen LogP contribution is -2.47. The Bertz CT molecular complexity index is 1030. The third kappa shape index (κ3) is 5.32. The van der Waals surface area contributed by atoms with E-state index in [1.165, 1.54) is 24.5 Å². The molecule has 1 aliphatic rings. The summed E-state index contributed by atoms with van der Waals surface area (Å²) in [7, 11) is 0. The number of nitrogens with one attached hydrogen (secondary N) is 1. The Kier molecular flexibility index (Phi) is 6.20. The van der Waals surface area contributed by atoms with Crippen LogP contribution in [0.15, 0.2) is 61.1 Å². The predicted octanol–water partition coefficient (Wildman–Crippen LogP) is 3.40. The standard InChI is InChI=1S/C22H21F3N6O/c23-22(24,25)17-6-4-16(5-7-17)13-20(32)29-18-14-27-21(28-15-18)31-11-9-30(10-12-31)19-3-1-2-8-26-19/h1-8,14-15H,9-13H2,(H,29,32). The van der Waals surface area contributed by atoms with E-state index < -0.39 is 11.7 Å². The van der Waals surface area contributed by atoms with Gasteiger partial charge in [-0.3, -0.25) is 4.79 Å². The first kappa shape index (κ1) is 21.5. The van der Waals surface area contributed by atoms with E-state index in [2.05, 4.69) is 30.1 Å². The molecule has 3 heterocycles. The van der Waals surface area contributed by atoms with Crippen LogP contribution in [0.2, 0.25) is 0 Å². The number of aromatic nitrogens is 3. The SMILES string of the molecule is O=C(Cc1ccc(C(F)(F)F)cc1)Nc1cnc(N2CCN(c3ccccn3)CC2)nc1. The van der Waals surface area contributed by atoms with Crippen LogP contribution >= 0.6 is 0 Å². The van der Waals surface area contributed by atoms with E-state index in [0.717, 1.165) is 44.1 Å². The van der Waals surface area contributed by atoms with Crippen molar-refractivity contribution in [1.82, 2.24) is 15.0 Å². The normalized spacial score (nSPS) is 14.3. The molecule has 2 aromatic heterocycles. The molecule has 1 saturated heterocycles. The fourth-order valence-corrected chi connectivity index (χ4v) is 3.43. The van der Waals surface area contributed by atoms with Crippen LogP contribution in [0.25, 0.3) is 0 Å². The second-order valence-electron chi connectivity index (χ2n) is 7.35. The molecule has 0 atom stereocenters. The third-order valence-electron chi connectivity index (χ3n) is 5.10. The van der Waals surface area contributed by atoms with Gasteiger partial charge in [0.25, 0.3) is 0 Å². The van der Waals surface area contributed by atoms with Gasteiger partial charge in [-0.25, -0.2) is 15.0 Å². The second kappa shape index (κ2) is 9.21. The molecule has 1 amide bonds. The third-order valence-corrected chi connectivity index (χ3v) is 5.10. The van der Waals surface area contributed by atoms with Crippen LogP contribution in [0.3, 0.4) is 0 Å². The Balaban J connectivity index is 1.29. The first-order valence-corrected chi connectivity index (χ1v) is 10.1. The minimum Gasteiger partial charge on any atom is -0.353 e. The molecule has 1 aliphatic heterocycles. The summed E-state index contributed by atoms with van der Waals surface area (Å²) in [5, 5.41) is 2.67. The summed E-state index contributed by atoms with van der Waals surface area (Å²) in [6, 6.07) is 10.4. The number of piperazine rings is 1. The minimum absolute atomic E-state index is 0.0463. The van der Waals surface area contributed by atoms with E-state index in [9.17, 15) is 18.0 Å². The van der Waals surface area contributed by atoms with Crippen molar-refractivity contribution >= 4 is 23.4 Å². The molecular formula is C22H21F3N6O. The largest absolute Gasteiger partial charge is 0.416 e. The number of amides is 1. The van der Waals surface area contributed by atoms with E-state index in [-0.39, 0.29) is 12.3 Å². The molecule has 10 heteroatoms. The summed E-state index contributed by atoms with van der Waals surface area (Å²) in [5.41, 5.74) is 0.170. The Morgan fingerprint density at radius 3 is 2.16 bits per heavy atom. The average Bonchev–Trinajstić information content (AvgIpc) is 2.80. The van der Waals surface area contributed by atoms with Crippen molar-refractivity contribution in [1.29, 1.82) is 0 Å². The van der Waals surface area contributed by atoms with Gasteiger partial charge in [0.05, 0.1) is 30.1 Å². The Labute approximate surface area is 182 Å². The van der Waals surface area contributed by atoms with Crippen LogP contribution < -0.4 is 15.1 Å². The second-order valence-corrected chi connectivity index (χ2v) is 7.35. The van der Waals surface area contributed by atoms with Crippen molar-refractivity contribution in [3.05, 3.63) is 72.2 Å². The first-order chi connectivity index (χ1) is 15.4. The number of halogens is 3. The first-order valence-electron chi connectivity index (χ1n) is 10.1. The van der Waals surface area contributed by atoms with Crippen LogP contribution in [0.4, 0.5) is 30.6 Å². The van der Waals surface area contributed by atoms with E-state index >= 15 is 0 Å². The lowest BCUT2D eigenvalue weighted by Gasteiger charge is -2.35. The van der Waals surface area contributed by atoms with Crippen LogP contribution in [0, 0.1) is 0 Å². The molecule has 0 bridgehead atoms. The maximum Gasteiger partial charge on any atom is 0.416 e. The Morgan fingerprint density at radius 1 is 0.906 bits per heavy atom. The van der Waals surface area contributed by atoms with Gasteiger partial charge in [-0.15, -0.1) is 0 Å². The number of pyridine rings is 1. The molecule has 3 aromatic rings. The average molecular weight is 442 g/mol.